The molecule has 78 valence electrons. The van der Waals surface area contributed by atoms with Crippen LogP contribution in [0, 0.1) is 0 Å². The lowest BCUT2D eigenvalue weighted by molar-refractivity contribution is 0.824. The zero-order chi connectivity index (χ0) is 11.5. The van der Waals surface area contributed by atoms with Gasteiger partial charge in [-0.3, -0.25) is 0 Å². The highest BCUT2D eigenvalue weighted by Gasteiger charge is 2.05. The Balaban J connectivity index is 2.63. The van der Waals surface area contributed by atoms with Crippen LogP contribution in [0.2, 0.25) is 0 Å². The SMILES string of the molecule is [2H]C(CC)c1nc(SC)c2ccccc2n1. The van der Waals surface area contributed by atoms with Gasteiger partial charge in [-0.15, -0.1) is 11.8 Å². The summed E-state index contributed by atoms with van der Waals surface area (Å²) in [6.07, 6.45) is 2.42. The molecule has 2 rings (SSSR count). The van der Waals surface area contributed by atoms with E-state index in [1.165, 1.54) is 0 Å². The van der Waals surface area contributed by atoms with Gasteiger partial charge in [-0.05, 0) is 18.7 Å². The van der Waals surface area contributed by atoms with E-state index >= 15 is 0 Å². The van der Waals surface area contributed by atoms with Gasteiger partial charge < -0.3 is 0 Å². The van der Waals surface area contributed by atoms with Crippen LogP contribution in [0.25, 0.3) is 10.9 Å². The summed E-state index contributed by atoms with van der Waals surface area (Å²) in [5.41, 5.74) is 0.933. The lowest BCUT2D eigenvalue weighted by Gasteiger charge is -2.05. The lowest BCUT2D eigenvalue weighted by atomic mass is 10.2. The summed E-state index contributed by atoms with van der Waals surface area (Å²) in [4.78, 5) is 8.90. The van der Waals surface area contributed by atoms with E-state index in [4.69, 9.17) is 1.37 Å². The molecule has 1 aromatic carbocycles. The second kappa shape index (κ2) is 4.62. The van der Waals surface area contributed by atoms with Crippen LogP contribution in [-0.2, 0) is 6.40 Å². The molecule has 0 saturated heterocycles. The third-order valence-corrected chi connectivity index (χ3v) is 2.86. The fraction of sp³-hybridized carbons (Fsp3) is 0.333. The molecular weight excluding hydrogens is 204 g/mol. The second-order valence-electron chi connectivity index (χ2n) is 3.22. The first kappa shape index (κ1) is 9.16. The molecule has 0 amide bonds. The van der Waals surface area contributed by atoms with Gasteiger partial charge in [0.05, 0.1) is 5.52 Å². The van der Waals surface area contributed by atoms with Gasteiger partial charge in [0.25, 0.3) is 0 Å². The number of fused-ring (bicyclic) bond motifs is 1. The largest absolute Gasteiger partial charge is 0.233 e. The van der Waals surface area contributed by atoms with Gasteiger partial charge in [-0.2, -0.15) is 0 Å². The minimum Gasteiger partial charge on any atom is -0.233 e. The quantitative estimate of drug-likeness (QED) is 0.585. The summed E-state index contributed by atoms with van der Waals surface area (Å²) in [5.74, 6) is 0.630. The highest BCUT2D eigenvalue weighted by Crippen LogP contribution is 2.23. The first-order valence-corrected chi connectivity index (χ1v) is 6.21. The van der Waals surface area contributed by atoms with Crippen molar-refractivity contribution >= 4 is 22.7 Å². The molecule has 0 spiro atoms. The van der Waals surface area contributed by atoms with E-state index in [2.05, 4.69) is 9.97 Å². The number of para-hydroxylation sites is 1. The molecule has 1 aromatic heterocycles. The second-order valence-corrected chi connectivity index (χ2v) is 4.02. The Morgan fingerprint density at radius 2 is 2.13 bits per heavy atom. The summed E-state index contributed by atoms with van der Waals surface area (Å²) < 4.78 is 7.87. The molecule has 0 fully saturated rings. The summed E-state index contributed by atoms with van der Waals surface area (Å²) in [6, 6.07) is 7.95. The standard InChI is InChI=1S/C12H14N2S/c1-3-6-11-13-10-8-5-4-7-9(10)12(14-11)15-2/h4-5,7-8H,3,6H2,1-2H3/i6D. The number of rotatable bonds is 3. The van der Waals surface area contributed by atoms with Crippen molar-refractivity contribution in [1.82, 2.24) is 9.97 Å². The molecule has 2 nitrogen and oxygen atoms in total. The highest BCUT2D eigenvalue weighted by atomic mass is 32.2. The van der Waals surface area contributed by atoms with Crippen molar-refractivity contribution < 1.29 is 1.37 Å². The van der Waals surface area contributed by atoms with Crippen molar-refractivity contribution in [2.75, 3.05) is 6.26 Å². The van der Waals surface area contributed by atoms with E-state index < -0.39 is 0 Å². The maximum absolute atomic E-state index is 7.87. The van der Waals surface area contributed by atoms with Gasteiger partial charge in [-0.25, -0.2) is 9.97 Å². The zero-order valence-corrected chi connectivity index (χ0v) is 9.71. The number of hydrogen-bond donors (Lipinski definition) is 0. The molecule has 1 heterocycles. The Morgan fingerprint density at radius 3 is 2.87 bits per heavy atom. The molecule has 3 heteroatoms. The molecule has 0 aliphatic heterocycles. The van der Waals surface area contributed by atoms with E-state index in [-0.39, 0.29) is 6.40 Å². The number of aromatic nitrogens is 2. The van der Waals surface area contributed by atoms with Crippen LogP contribution in [0.1, 0.15) is 20.5 Å². The van der Waals surface area contributed by atoms with Gasteiger partial charge in [0.1, 0.15) is 10.9 Å². The number of hydrogen-bond acceptors (Lipinski definition) is 3. The topological polar surface area (TPSA) is 25.8 Å². The fourth-order valence-corrected chi connectivity index (χ4v) is 2.07. The number of nitrogens with zero attached hydrogens (tertiary/aromatic N) is 2. The van der Waals surface area contributed by atoms with Crippen LogP contribution >= 0.6 is 11.8 Å². The monoisotopic (exact) mass is 219 g/mol. The third kappa shape index (κ3) is 2.12. The molecule has 1 unspecified atom stereocenters. The van der Waals surface area contributed by atoms with Crippen LogP contribution < -0.4 is 0 Å². The molecule has 0 aliphatic rings. The smallest absolute Gasteiger partial charge is 0.130 e. The number of benzene rings is 1. The minimum atomic E-state index is -0.324. The Kier molecular flexibility index (Phi) is 2.82. The molecule has 1 atom stereocenters. The summed E-state index contributed by atoms with van der Waals surface area (Å²) in [7, 11) is 0. The van der Waals surface area contributed by atoms with Gasteiger partial charge in [-0.1, -0.05) is 25.1 Å². The van der Waals surface area contributed by atoms with E-state index in [0.717, 1.165) is 22.3 Å². The van der Waals surface area contributed by atoms with Gasteiger partial charge in [0.2, 0.25) is 0 Å². The van der Waals surface area contributed by atoms with Crippen molar-refractivity contribution in [1.29, 1.82) is 0 Å². The zero-order valence-electron chi connectivity index (χ0n) is 9.90. The van der Waals surface area contributed by atoms with Crippen molar-refractivity contribution in [3.63, 3.8) is 0 Å². The molecule has 15 heavy (non-hydrogen) atoms. The maximum Gasteiger partial charge on any atom is 0.130 e. The van der Waals surface area contributed by atoms with E-state index in [0.29, 0.717) is 5.82 Å². The van der Waals surface area contributed by atoms with Crippen LogP contribution in [0.15, 0.2) is 29.3 Å². The van der Waals surface area contributed by atoms with Crippen molar-refractivity contribution in [2.24, 2.45) is 0 Å². The Hall–Kier alpha value is -1.09. The Morgan fingerprint density at radius 1 is 1.33 bits per heavy atom. The van der Waals surface area contributed by atoms with Crippen molar-refractivity contribution in [2.45, 2.75) is 24.8 Å². The molecule has 0 saturated carbocycles. The molecular formula is C12H14N2S. The summed E-state index contributed by atoms with van der Waals surface area (Å²) in [5, 5.41) is 2.04. The molecule has 0 radical (unpaired) electrons. The Labute approximate surface area is 95.5 Å². The number of aryl methyl sites for hydroxylation is 1. The van der Waals surface area contributed by atoms with E-state index in [9.17, 15) is 0 Å². The normalized spacial score (nSPS) is 13.9. The van der Waals surface area contributed by atoms with Crippen LogP contribution in [0.3, 0.4) is 0 Å². The van der Waals surface area contributed by atoms with Crippen molar-refractivity contribution in [3.8, 4) is 0 Å². The van der Waals surface area contributed by atoms with Gasteiger partial charge in [0.15, 0.2) is 0 Å². The minimum absolute atomic E-state index is 0.324. The summed E-state index contributed by atoms with van der Waals surface area (Å²) in [6.45, 7) is 1.98. The van der Waals surface area contributed by atoms with E-state index in [1.54, 1.807) is 11.8 Å². The van der Waals surface area contributed by atoms with Gasteiger partial charge >= 0.3 is 0 Å². The van der Waals surface area contributed by atoms with Crippen LogP contribution in [0.4, 0.5) is 0 Å². The predicted molar refractivity (Wildman–Crippen MR) is 65.3 cm³/mol. The van der Waals surface area contributed by atoms with E-state index in [1.807, 2.05) is 37.4 Å². The first-order valence-electron chi connectivity index (χ1n) is 5.57. The molecule has 2 aromatic rings. The maximum atomic E-state index is 7.87. The predicted octanol–water partition coefficient (Wildman–Crippen LogP) is 3.30. The molecule has 0 bridgehead atoms. The first-order chi connectivity index (χ1) is 7.76. The molecule has 0 N–H and O–H groups in total. The van der Waals surface area contributed by atoms with Crippen molar-refractivity contribution in [3.05, 3.63) is 30.1 Å². The highest BCUT2D eigenvalue weighted by molar-refractivity contribution is 7.98. The van der Waals surface area contributed by atoms with Crippen LogP contribution in [0.5, 0.6) is 0 Å². The lowest BCUT2D eigenvalue weighted by Crippen LogP contribution is -1.97. The van der Waals surface area contributed by atoms with Gasteiger partial charge in [0, 0.05) is 13.2 Å². The average molecular weight is 219 g/mol. The Bertz CT molecular complexity index is 501. The van der Waals surface area contributed by atoms with Crippen LogP contribution in [-0.4, -0.2) is 16.2 Å². The average Bonchev–Trinajstić information content (AvgIpc) is 2.36. The number of thioether (sulfide) groups is 1. The third-order valence-electron chi connectivity index (χ3n) is 2.17. The summed E-state index contributed by atoms with van der Waals surface area (Å²) >= 11 is 1.61. The fourth-order valence-electron chi connectivity index (χ4n) is 1.49. The molecule has 0 aliphatic carbocycles.